The molecule has 4 heteroatoms. The van der Waals surface area contributed by atoms with E-state index in [-0.39, 0.29) is 0 Å². The second kappa shape index (κ2) is 5.29. The number of hydrogen-bond acceptors (Lipinski definition) is 4. The van der Waals surface area contributed by atoms with Crippen LogP contribution in [0.3, 0.4) is 0 Å². The van der Waals surface area contributed by atoms with E-state index in [0.717, 1.165) is 12.2 Å². The van der Waals surface area contributed by atoms with Crippen molar-refractivity contribution in [3.63, 3.8) is 0 Å². The van der Waals surface area contributed by atoms with Crippen molar-refractivity contribution in [2.75, 3.05) is 11.9 Å². The number of nitrogens with two attached hydrogens (primary N) is 1. The summed E-state index contributed by atoms with van der Waals surface area (Å²) >= 11 is 1.63. The van der Waals surface area contributed by atoms with Crippen LogP contribution in [0.4, 0.5) is 5.69 Å². The van der Waals surface area contributed by atoms with Gasteiger partial charge in [0.15, 0.2) is 0 Å². The highest BCUT2D eigenvalue weighted by Crippen LogP contribution is 2.19. The van der Waals surface area contributed by atoms with E-state index in [4.69, 9.17) is 5.73 Å². The number of anilines is 1. The van der Waals surface area contributed by atoms with E-state index in [1.807, 2.05) is 5.51 Å². The quantitative estimate of drug-likeness (QED) is 0.903. The lowest BCUT2D eigenvalue weighted by molar-refractivity contribution is 0.892. The number of benzene rings is 1. The summed E-state index contributed by atoms with van der Waals surface area (Å²) in [5, 5.41) is 2.08. The van der Waals surface area contributed by atoms with Gasteiger partial charge in [0.2, 0.25) is 0 Å². The van der Waals surface area contributed by atoms with Crippen molar-refractivity contribution in [1.82, 2.24) is 4.98 Å². The lowest BCUT2D eigenvalue weighted by atomic mass is 10.1. The van der Waals surface area contributed by atoms with E-state index in [1.165, 1.54) is 16.8 Å². The molecule has 0 saturated heterocycles. The van der Waals surface area contributed by atoms with Crippen LogP contribution in [-0.4, -0.2) is 12.0 Å². The summed E-state index contributed by atoms with van der Waals surface area (Å²) in [5.41, 5.74) is 12.3. The van der Waals surface area contributed by atoms with Crippen LogP contribution in [0.15, 0.2) is 29.1 Å². The highest BCUT2D eigenvalue weighted by atomic mass is 32.1. The van der Waals surface area contributed by atoms with Crippen LogP contribution in [0, 0.1) is 6.92 Å². The summed E-state index contributed by atoms with van der Waals surface area (Å²) in [4.78, 5) is 6.49. The van der Waals surface area contributed by atoms with Gasteiger partial charge in [0.1, 0.15) is 0 Å². The predicted octanol–water partition coefficient (Wildman–Crippen LogP) is 2.55. The predicted molar refractivity (Wildman–Crippen MR) is 73.3 cm³/mol. The third-order valence-electron chi connectivity index (χ3n) is 2.87. The van der Waals surface area contributed by atoms with Crippen molar-refractivity contribution in [2.24, 2.45) is 5.73 Å². The Labute approximate surface area is 106 Å². The van der Waals surface area contributed by atoms with Gasteiger partial charge in [0, 0.05) is 24.7 Å². The molecule has 1 aromatic carbocycles. The fraction of sp³-hybridized carbons (Fsp3) is 0.308. The van der Waals surface area contributed by atoms with E-state index < -0.39 is 0 Å². The van der Waals surface area contributed by atoms with Crippen LogP contribution >= 0.6 is 11.3 Å². The second-order valence-corrected chi connectivity index (χ2v) is 4.87. The number of thiazole rings is 1. The van der Waals surface area contributed by atoms with Gasteiger partial charge < -0.3 is 10.6 Å². The van der Waals surface area contributed by atoms with Gasteiger partial charge in [-0.05, 0) is 30.2 Å². The first kappa shape index (κ1) is 12.1. The fourth-order valence-electron chi connectivity index (χ4n) is 1.80. The minimum atomic E-state index is 0.599. The Hall–Kier alpha value is -1.39. The van der Waals surface area contributed by atoms with Crippen LogP contribution in [0.25, 0.3) is 0 Å². The molecule has 2 rings (SSSR count). The Morgan fingerprint density at radius 2 is 2.24 bits per heavy atom. The van der Waals surface area contributed by atoms with Gasteiger partial charge in [0.25, 0.3) is 0 Å². The molecule has 1 heterocycles. The maximum Gasteiger partial charge on any atom is 0.0795 e. The second-order valence-electron chi connectivity index (χ2n) is 4.15. The van der Waals surface area contributed by atoms with E-state index in [0.29, 0.717) is 6.54 Å². The maximum absolute atomic E-state index is 5.66. The largest absolute Gasteiger partial charge is 0.369 e. The molecule has 0 saturated carbocycles. The Kier molecular flexibility index (Phi) is 3.76. The monoisotopic (exact) mass is 247 g/mol. The molecule has 0 spiro atoms. The molecule has 2 N–H and O–H groups in total. The van der Waals surface area contributed by atoms with Crippen molar-refractivity contribution in [1.29, 1.82) is 0 Å². The molecule has 1 aromatic heterocycles. The smallest absolute Gasteiger partial charge is 0.0795 e. The number of aryl methyl sites for hydroxylation is 1. The summed E-state index contributed by atoms with van der Waals surface area (Å²) in [6.07, 6.45) is 0. The third kappa shape index (κ3) is 2.84. The average molecular weight is 247 g/mol. The minimum absolute atomic E-state index is 0.599. The molecule has 2 aromatic rings. The molecule has 0 bridgehead atoms. The van der Waals surface area contributed by atoms with Crippen LogP contribution in [0.2, 0.25) is 0 Å². The van der Waals surface area contributed by atoms with E-state index >= 15 is 0 Å². The molecule has 0 atom stereocenters. The SMILES string of the molecule is Cc1cc(N(C)Cc2cscn2)ccc1CN. The zero-order valence-electron chi connectivity index (χ0n) is 10.2. The summed E-state index contributed by atoms with van der Waals surface area (Å²) in [6.45, 7) is 3.54. The van der Waals surface area contributed by atoms with Crippen LogP contribution in [0.5, 0.6) is 0 Å². The first-order chi connectivity index (χ1) is 8.20. The van der Waals surface area contributed by atoms with Crippen LogP contribution < -0.4 is 10.6 Å². The fourth-order valence-corrected chi connectivity index (χ4v) is 2.35. The Balaban J connectivity index is 2.14. The van der Waals surface area contributed by atoms with E-state index in [9.17, 15) is 0 Å². The Bertz CT molecular complexity index is 479. The number of hydrogen-bond donors (Lipinski definition) is 1. The van der Waals surface area contributed by atoms with Gasteiger partial charge in [-0.3, -0.25) is 0 Å². The van der Waals surface area contributed by atoms with Crippen molar-refractivity contribution < 1.29 is 0 Å². The Morgan fingerprint density at radius 3 is 2.82 bits per heavy atom. The van der Waals surface area contributed by atoms with E-state index in [1.54, 1.807) is 11.3 Å². The molecule has 0 aliphatic carbocycles. The molecule has 0 amide bonds. The van der Waals surface area contributed by atoms with Gasteiger partial charge in [-0.1, -0.05) is 6.07 Å². The third-order valence-corrected chi connectivity index (χ3v) is 3.50. The lowest BCUT2D eigenvalue weighted by Crippen LogP contribution is -2.16. The molecule has 0 fully saturated rings. The highest BCUT2D eigenvalue weighted by Gasteiger charge is 2.05. The van der Waals surface area contributed by atoms with E-state index in [2.05, 4.69) is 47.4 Å². The number of rotatable bonds is 4. The summed E-state index contributed by atoms with van der Waals surface area (Å²) in [6, 6.07) is 6.39. The molecule has 3 nitrogen and oxygen atoms in total. The van der Waals surface area contributed by atoms with Gasteiger partial charge in [-0.25, -0.2) is 4.98 Å². The molecule has 0 aliphatic rings. The van der Waals surface area contributed by atoms with Crippen molar-refractivity contribution >= 4 is 17.0 Å². The van der Waals surface area contributed by atoms with Crippen molar-refractivity contribution in [3.05, 3.63) is 45.9 Å². The summed E-state index contributed by atoms with van der Waals surface area (Å²) in [7, 11) is 2.08. The van der Waals surface area contributed by atoms with Gasteiger partial charge in [-0.2, -0.15) is 0 Å². The minimum Gasteiger partial charge on any atom is -0.369 e. The lowest BCUT2D eigenvalue weighted by Gasteiger charge is -2.19. The molecular weight excluding hydrogens is 230 g/mol. The molecule has 90 valence electrons. The van der Waals surface area contributed by atoms with Gasteiger partial charge in [0.05, 0.1) is 17.7 Å². The summed E-state index contributed by atoms with van der Waals surface area (Å²) < 4.78 is 0. The first-order valence-corrected chi connectivity index (χ1v) is 6.53. The average Bonchev–Trinajstić information content (AvgIpc) is 2.81. The maximum atomic E-state index is 5.66. The van der Waals surface area contributed by atoms with Crippen LogP contribution in [-0.2, 0) is 13.1 Å². The normalized spacial score (nSPS) is 10.5. The highest BCUT2D eigenvalue weighted by molar-refractivity contribution is 7.07. The molecular formula is C13H17N3S. The zero-order valence-corrected chi connectivity index (χ0v) is 11.0. The van der Waals surface area contributed by atoms with Crippen molar-refractivity contribution in [2.45, 2.75) is 20.0 Å². The first-order valence-electron chi connectivity index (χ1n) is 5.58. The molecule has 17 heavy (non-hydrogen) atoms. The van der Waals surface area contributed by atoms with Gasteiger partial charge >= 0.3 is 0 Å². The van der Waals surface area contributed by atoms with Gasteiger partial charge in [-0.15, -0.1) is 11.3 Å². The summed E-state index contributed by atoms with van der Waals surface area (Å²) in [5.74, 6) is 0. The molecule has 0 radical (unpaired) electrons. The standard InChI is InChI=1S/C13H17N3S/c1-10-5-13(4-3-11(10)6-14)16(2)7-12-8-17-9-15-12/h3-5,8-9H,6-7,14H2,1-2H3. The molecule has 0 unspecified atom stereocenters. The topological polar surface area (TPSA) is 42.2 Å². The number of nitrogens with zero attached hydrogens (tertiary/aromatic N) is 2. The van der Waals surface area contributed by atoms with Crippen LogP contribution in [0.1, 0.15) is 16.8 Å². The Morgan fingerprint density at radius 1 is 1.41 bits per heavy atom. The zero-order chi connectivity index (χ0) is 12.3. The molecule has 0 aliphatic heterocycles. The number of aromatic nitrogens is 1. The van der Waals surface area contributed by atoms with Crippen molar-refractivity contribution in [3.8, 4) is 0 Å².